The highest BCUT2D eigenvalue weighted by atomic mass is 32.2. The van der Waals surface area contributed by atoms with Crippen LogP contribution in [0.15, 0.2) is 54.7 Å². The van der Waals surface area contributed by atoms with Crippen LogP contribution in [0.1, 0.15) is 0 Å². The van der Waals surface area contributed by atoms with Crippen molar-refractivity contribution in [2.75, 3.05) is 12.9 Å². The van der Waals surface area contributed by atoms with Crippen LogP contribution < -0.4 is 4.74 Å². The summed E-state index contributed by atoms with van der Waals surface area (Å²) in [4.78, 5) is 0. The van der Waals surface area contributed by atoms with Crippen molar-refractivity contribution >= 4 is 11.8 Å². The van der Waals surface area contributed by atoms with Crippen LogP contribution in [0.4, 0.5) is 0 Å². The number of thioether (sulfide) groups is 1. The SMILES string of the molecule is C=CCSc1nnc(-c2ccc(OC)cc2)n1CC=C. The second-order valence-corrected chi connectivity index (χ2v) is 5.02. The first kappa shape index (κ1) is 14.4. The molecule has 0 N–H and O–H groups in total. The molecule has 0 amide bonds. The van der Waals surface area contributed by atoms with Gasteiger partial charge in [0.05, 0.1) is 7.11 Å². The summed E-state index contributed by atoms with van der Waals surface area (Å²) < 4.78 is 7.21. The van der Waals surface area contributed by atoms with Crippen LogP contribution in [0.5, 0.6) is 5.75 Å². The zero-order chi connectivity index (χ0) is 14.4. The Morgan fingerprint density at radius 2 is 1.95 bits per heavy atom. The topological polar surface area (TPSA) is 39.9 Å². The van der Waals surface area contributed by atoms with Gasteiger partial charge in [-0.05, 0) is 24.3 Å². The lowest BCUT2D eigenvalue weighted by Crippen LogP contribution is -2.00. The van der Waals surface area contributed by atoms with Crippen molar-refractivity contribution < 1.29 is 4.74 Å². The first-order valence-corrected chi connectivity index (χ1v) is 7.21. The normalized spacial score (nSPS) is 10.2. The summed E-state index contributed by atoms with van der Waals surface area (Å²) >= 11 is 1.61. The number of ether oxygens (including phenoxy) is 1. The van der Waals surface area contributed by atoms with E-state index in [4.69, 9.17) is 4.74 Å². The van der Waals surface area contributed by atoms with E-state index >= 15 is 0 Å². The number of hydrogen-bond donors (Lipinski definition) is 0. The lowest BCUT2D eigenvalue weighted by atomic mass is 10.2. The largest absolute Gasteiger partial charge is 0.497 e. The molecule has 0 bridgehead atoms. The Kier molecular flexibility index (Phi) is 5.01. The zero-order valence-corrected chi connectivity index (χ0v) is 12.3. The molecule has 0 saturated carbocycles. The predicted molar refractivity (Wildman–Crippen MR) is 83.1 cm³/mol. The minimum absolute atomic E-state index is 0.674. The van der Waals surface area contributed by atoms with E-state index in [-0.39, 0.29) is 0 Å². The third-order valence-corrected chi connectivity index (χ3v) is 3.67. The summed E-state index contributed by atoms with van der Waals surface area (Å²) in [5, 5.41) is 9.39. The molecule has 0 radical (unpaired) electrons. The maximum absolute atomic E-state index is 5.17. The molecule has 0 aliphatic carbocycles. The van der Waals surface area contributed by atoms with E-state index in [9.17, 15) is 0 Å². The maximum Gasteiger partial charge on any atom is 0.192 e. The second kappa shape index (κ2) is 6.96. The Morgan fingerprint density at radius 3 is 2.55 bits per heavy atom. The molecule has 4 nitrogen and oxygen atoms in total. The van der Waals surface area contributed by atoms with Crippen molar-refractivity contribution in [3.63, 3.8) is 0 Å². The molecule has 0 spiro atoms. The molecular formula is C15H17N3OS. The van der Waals surface area contributed by atoms with Crippen LogP contribution in [-0.2, 0) is 6.54 Å². The van der Waals surface area contributed by atoms with Crippen LogP contribution in [0.25, 0.3) is 11.4 Å². The van der Waals surface area contributed by atoms with E-state index in [1.165, 1.54) is 0 Å². The minimum Gasteiger partial charge on any atom is -0.497 e. The standard InChI is InChI=1S/C15H17N3OS/c1-4-10-18-14(16-17-15(18)20-11-5-2)12-6-8-13(19-3)9-7-12/h4-9H,1-2,10-11H2,3H3. The third-order valence-electron chi connectivity index (χ3n) is 2.71. The summed E-state index contributed by atoms with van der Waals surface area (Å²) in [5.41, 5.74) is 1.01. The monoisotopic (exact) mass is 287 g/mol. The van der Waals surface area contributed by atoms with Crippen molar-refractivity contribution in [1.29, 1.82) is 0 Å². The number of allylic oxidation sites excluding steroid dienone is 1. The lowest BCUT2D eigenvalue weighted by molar-refractivity contribution is 0.415. The highest BCUT2D eigenvalue weighted by molar-refractivity contribution is 7.99. The molecule has 0 atom stereocenters. The molecule has 2 rings (SSSR count). The second-order valence-electron chi connectivity index (χ2n) is 4.03. The van der Waals surface area contributed by atoms with Gasteiger partial charge in [-0.3, -0.25) is 4.57 Å². The Hall–Kier alpha value is -2.01. The van der Waals surface area contributed by atoms with Gasteiger partial charge in [0.25, 0.3) is 0 Å². The first-order chi connectivity index (χ1) is 9.80. The molecule has 0 saturated heterocycles. The number of methoxy groups -OCH3 is 1. The molecule has 104 valence electrons. The van der Waals surface area contributed by atoms with Crippen LogP contribution in [-0.4, -0.2) is 27.6 Å². The Labute approximate surface area is 123 Å². The molecule has 0 fully saturated rings. The van der Waals surface area contributed by atoms with Gasteiger partial charge < -0.3 is 4.74 Å². The summed E-state index contributed by atoms with van der Waals surface area (Å²) in [5.74, 6) is 2.46. The molecule has 20 heavy (non-hydrogen) atoms. The number of aromatic nitrogens is 3. The number of rotatable bonds is 7. The minimum atomic E-state index is 0.674. The summed E-state index contributed by atoms with van der Waals surface area (Å²) in [6.45, 7) is 8.19. The van der Waals surface area contributed by atoms with Crippen LogP contribution in [0.3, 0.4) is 0 Å². The van der Waals surface area contributed by atoms with Crippen molar-refractivity contribution in [2.45, 2.75) is 11.7 Å². The van der Waals surface area contributed by atoms with Crippen LogP contribution in [0, 0.1) is 0 Å². The average Bonchev–Trinajstić information content (AvgIpc) is 2.88. The van der Waals surface area contributed by atoms with Crippen molar-refractivity contribution in [3.05, 3.63) is 49.6 Å². The van der Waals surface area contributed by atoms with E-state index in [1.54, 1.807) is 18.9 Å². The molecule has 0 aliphatic rings. The van der Waals surface area contributed by atoms with Crippen molar-refractivity contribution in [3.8, 4) is 17.1 Å². The molecule has 1 heterocycles. The summed E-state index contributed by atoms with van der Waals surface area (Å²) in [7, 11) is 1.65. The van der Waals surface area contributed by atoms with E-state index in [1.807, 2.05) is 41.0 Å². The fourth-order valence-electron chi connectivity index (χ4n) is 1.78. The first-order valence-electron chi connectivity index (χ1n) is 6.22. The lowest BCUT2D eigenvalue weighted by Gasteiger charge is -2.07. The number of nitrogens with zero attached hydrogens (tertiary/aromatic N) is 3. The third kappa shape index (κ3) is 3.11. The highest BCUT2D eigenvalue weighted by Crippen LogP contribution is 2.25. The van der Waals surface area contributed by atoms with E-state index < -0.39 is 0 Å². The Balaban J connectivity index is 2.35. The van der Waals surface area contributed by atoms with Gasteiger partial charge in [-0.1, -0.05) is 23.9 Å². The molecule has 5 heteroatoms. The van der Waals surface area contributed by atoms with Gasteiger partial charge in [0.1, 0.15) is 5.75 Å². The quantitative estimate of drug-likeness (QED) is 0.578. The van der Waals surface area contributed by atoms with Crippen LogP contribution >= 0.6 is 11.8 Å². The van der Waals surface area contributed by atoms with E-state index in [2.05, 4.69) is 23.4 Å². The van der Waals surface area contributed by atoms with Gasteiger partial charge in [0.15, 0.2) is 11.0 Å². The molecule has 0 unspecified atom stereocenters. The van der Waals surface area contributed by atoms with Gasteiger partial charge >= 0.3 is 0 Å². The summed E-state index contributed by atoms with van der Waals surface area (Å²) in [6, 6.07) is 7.78. The average molecular weight is 287 g/mol. The number of hydrogen-bond acceptors (Lipinski definition) is 4. The zero-order valence-electron chi connectivity index (χ0n) is 11.5. The molecule has 2 aromatic rings. The number of benzene rings is 1. The van der Waals surface area contributed by atoms with Gasteiger partial charge in [0.2, 0.25) is 0 Å². The van der Waals surface area contributed by atoms with Crippen LogP contribution in [0.2, 0.25) is 0 Å². The van der Waals surface area contributed by atoms with Crippen molar-refractivity contribution in [1.82, 2.24) is 14.8 Å². The Morgan fingerprint density at radius 1 is 1.20 bits per heavy atom. The van der Waals surface area contributed by atoms with E-state index in [0.29, 0.717) is 6.54 Å². The van der Waals surface area contributed by atoms with Gasteiger partial charge in [-0.25, -0.2) is 0 Å². The molecule has 0 aliphatic heterocycles. The smallest absolute Gasteiger partial charge is 0.192 e. The summed E-state index contributed by atoms with van der Waals surface area (Å²) in [6.07, 6.45) is 3.69. The molecular weight excluding hydrogens is 270 g/mol. The fraction of sp³-hybridized carbons (Fsp3) is 0.200. The highest BCUT2D eigenvalue weighted by Gasteiger charge is 2.12. The van der Waals surface area contributed by atoms with Gasteiger partial charge in [-0.2, -0.15) is 0 Å². The van der Waals surface area contributed by atoms with Gasteiger partial charge in [-0.15, -0.1) is 23.4 Å². The molecule has 1 aromatic carbocycles. The predicted octanol–water partition coefficient (Wildman–Crippen LogP) is 3.42. The van der Waals surface area contributed by atoms with E-state index in [0.717, 1.165) is 28.0 Å². The maximum atomic E-state index is 5.17. The van der Waals surface area contributed by atoms with Gasteiger partial charge in [0, 0.05) is 17.9 Å². The Bertz CT molecular complexity index is 590. The molecule has 1 aromatic heterocycles. The van der Waals surface area contributed by atoms with Crippen molar-refractivity contribution in [2.24, 2.45) is 0 Å². The fourth-order valence-corrected chi connectivity index (χ4v) is 2.46.